The molecule has 0 unspecified atom stereocenters. The van der Waals surface area contributed by atoms with E-state index in [0.717, 1.165) is 0 Å². The van der Waals surface area contributed by atoms with Crippen molar-refractivity contribution in [3.05, 3.63) is 48.0 Å². The number of benzene rings is 2. The van der Waals surface area contributed by atoms with Gasteiger partial charge in [-0.2, -0.15) is 0 Å². The van der Waals surface area contributed by atoms with Crippen molar-refractivity contribution < 1.29 is 19.1 Å². The van der Waals surface area contributed by atoms with Gasteiger partial charge in [-0.15, -0.1) is 0 Å². The summed E-state index contributed by atoms with van der Waals surface area (Å²) in [6.45, 7) is 3.46. The Morgan fingerprint density at radius 1 is 1.12 bits per heavy atom. The fourth-order valence-corrected chi connectivity index (χ4v) is 2.18. The fraction of sp³-hybridized carbons (Fsp3) is 0.263. The van der Waals surface area contributed by atoms with Crippen LogP contribution >= 0.6 is 0 Å². The molecule has 2 rings (SSSR count). The molecule has 0 spiro atoms. The van der Waals surface area contributed by atoms with Crippen LogP contribution in [0.4, 0.5) is 11.4 Å². The van der Waals surface area contributed by atoms with Crippen LogP contribution in [0.3, 0.4) is 0 Å². The highest BCUT2D eigenvalue weighted by Gasteiger charge is 2.13. The minimum atomic E-state index is -0.313. The number of methoxy groups -OCH3 is 1. The number of hydrogen-bond donors (Lipinski definition) is 2. The van der Waals surface area contributed by atoms with Gasteiger partial charge < -0.3 is 20.5 Å². The van der Waals surface area contributed by atoms with Crippen molar-refractivity contribution >= 4 is 23.1 Å². The Hall–Kier alpha value is -3.02. The highest BCUT2D eigenvalue weighted by Crippen LogP contribution is 2.24. The Kier molecular flexibility index (Phi) is 6.00. The van der Waals surface area contributed by atoms with E-state index >= 15 is 0 Å². The Bertz CT molecular complexity index is 755. The molecule has 0 saturated heterocycles. The zero-order valence-electron chi connectivity index (χ0n) is 14.5. The van der Waals surface area contributed by atoms with Gasteiger partial charge in [0.2, 0.25) is 0 Å². The smallest absolute Gasteiger partial charge is 0.262 e. The summed E-state index contributed by atoms with van der Waals surface area (Å²) in [5, 5.41) is 2.71. The maximum atomic E-state index is 12.0. The van der Waals surface area contributed by atoms with Gasteiger partial charge in [0.25, 0.3) is 5.91 Å². The van der Waals surface area contributed by atoms with Gasteiger partial charge in [-0.3, -0.25) is 9.59 Å². The van der Waals surface area contributed by atoms with Crippen molar-refractivity contribution in [2.45, 2.75) is 13.8 Å². The second-order valence-corrected chi connectivity index (χ2v) is 5.84. The third kappa shape index (κ3) is 4.97. The highest BCUT2D eigenvalue weighted by atomic mass is 16.5. The van der Waals surface area contributed by atoms with Gasteiger partial charge in [-0.25, -0.2) is 0 Å². The predicted molar refractivity (Wildman–Crippen MR) is 97.1 cm³/mol. The number of nitrogens with one attached hydrogen (secondary N) is 1. The van der Waals surface area contributed by atoms with Crippen LogP contribution in [0.25, 0.3) is 0 Å². The SMILES string of the molecule is COc1ccc(NC(=O)COc2ccc(C(=O)C(C)C)cc2N)cc1. The lowest BCUT2D eigenvalue weighted by molar-refractivity contribution is -0.118. The first-order valence-corrected chi connectivity index (χ1v) is 7.91. The summed E-state index contributed by atoms with van der Waals surface area (Å²) < 4.78 is 10.5. The van der Waals surface area contributed by atoms with E-state index in [2.05, 4.69) is 5.32 Å². The molecule has 1 amide bonds. The molecule has 132 valence electrons. The standard InChI is InChI=1S/C19H22N2O4/c1-12(2)19(23)13-4-9-17(16(20)10-13)25-11-18(22)21-14-5-7-15(24-3)8-6-14/h4-10,12H,11,20H2,1-3H3,(H,21,22). The Labute approximate surface area is 146 Å². The molecule has 0 aliphatic heterocycles. The van der Waals surface area contributed by atoms with Gasteiger partial charge >= 0.3 is 0 Å². The van der Waals surface area contributed by atoms with Crippen LogP contribution in [0.15, 0.2) is 42.5 Å². The molecule has 0 bridgehead atoms. The number of amides is 1. The van der Waals surface area contributed by atoms with E-state index in [1.165, 1.54) is 0 Å². The number of carbonyl (C=O) groups excluding carboxylic acids is 2. The van der Waals surface area contributed by atoms with E-state index < -0.39 is 0 Å². The zero-order chi connectivity index (χ0) is 18.4. The minimum Gasteiger partial charge on any atom is -0.497 e. The second-order valence-electron chi connectivity index (χ2n) is 5.84. The van der Waals surface area contributed by atoms with Gasteiger partial charge in [0.15, 0.2) is 12.4 Å². The maximum absolute atomic E-state index is 12.0. The van der Waals surface area contributed by atoms with Gasteiger partial charge in [-0.1, -0.05) is 13.8 Å². The lowest BCUT2D eigenvalue weighted by atomic mass is 10.0. The van der Waals surface area contributed by atoms with E-state index in [1.54, 1.807) is 49.6 Å². The average molecular weight is 342 g/mol. The van der Waals surface area contributed by atoms with E-state index in [4.69, 9.17) is 15.2 Å². The number of ether oxygens (including phenoxy) is 2. The van der Waals surface area contributed by atoms with Crippen LogP contribution < -0.4 is 20.5 Å². The Balaban J connectivity index is 1.93. The molecule has 0 aromatic heterocycles. The molecular formula is C19H22N2O4. The lowest BCUT2D eigenvalue weighted by Gasteiger charge is -2.11. The number of hydrogen-bond acceptors (Lipinski definition) is 5. The maximum Gasteiger partial charge on any atom is 0.262 e. The molecule has 0 aliphatic carbocycles. The topological polar surface area (TPSA) is 90.6 Å². The lowest BCUT2D eigenvalue weighted by Crippen LogP contribution is -2.20. The van der Waals surface area contributed by atoms with Gasteiger partial charge in [0.1, 0.15) is 11.5 Å². The van der Waals surface area contributed by atoms with Gasteiger partial charge in [0.05, 0.1) is 12.8 Å². The molecule has 2 aromatic carbocycles. The number of nitrogens with two attached hydrogens (primary N) is 1. The van der Waals surface area contributed by atoms with Gasteiger partial charge in [0, 0.05) is 17.2 Å². The summed E-state index contributed by atoms with van der Waals surface area (Å²) in [4.78, 5) is 23.9. The molecule has 3 N–H and O–H groups in total. The summed E-state index contributed by atoms with van der Waals surface area (Å²) >= 11 is 0. The molecule has 6 heteroatoms. The molecule has 0 saturated carbocycles. The van der Waals surface area contributed by atoms with E-state index in [0.29, 0.717) is 28.4 Å². The first-order chi connectivity index (χ1) is 11.9. The Morgan fingerprint density at radius 2 is 1.80 bits per heavy atom. The number of carbonyl (C=O) groups is 2. The average Bonchev–Trinajstić information content (AvgIpc) is 2.60. The summed E-state index contributed by atoms with van der Waals surface area (Å²) in [7, 11) is 1.58. The first-order valence-electron chi connectivity index (χ1n) is 7.91. The van der Waals surface area contributed by atoms with Crippen LogP contribution in [0, 0.1) is 5.92 Å². The number of Topliss-reactive ketones (excluding diaryl/α,β-unsaturated/α-hetero) is 1. The van der Waals surface area contributed by atoms with Crippen molar-refractivity contribution in [2.24, 2.45) is 5.92 Å². The van der Waals surface area contributed by atoms with E-state index in [-0.39, 0.29) is 24.2 Å². The summed E-state index contributed by atoms with van der Waals surface area (Å²) in [5.74, 6) is 0.659. The highest BCUT2D eigenvalue weighted by molar-refractivity contribution is 5.98. The van der Waals surface area contributed by atoms with Crippen molar-refractivity contribution in [1.82, 2.24) is 0 Å². The van der Waals surface area contributed by atoms with Gasteiger partial charge in [-0.05, 0) is 42.5 Å². The van der Waals surface area contributed by atoms with Crippen molar-refractivity contribution in [2.75, 3.05) is 24.8 Å². The monoisotopic (exact) mass is 342 g/mol. The normalized spacial score (nSPS) is 10.4. The number of anilines is 2. The molecule has 0 heterocycles. The molecule has 0 atom stereocenters. The summed E-state index contributed by atoms with van der Waals surface area (Å²) in [6.07, 6.45) is 0. The van der Waals surface area contributed by atoms with Crippen molar-refractivity contribution in [1.29, 1.82) is 0 Å². The molecule has 0 aliphatic rings. The fourth-order valence-electron chi connectivity index (χ4n) is 2.18. The molecule has 2 aromatic rings. The van der Waals surface area contributed by atoms with E-state index in [1.807, 2.05) is 13.8 Å². The van der Waals surface area contributed by atoms with Crippen LogP contribution in [0.1, 0.15) is 24.2 Å². The zero-order valence-corrected chi connectivity index (χ0v) is 14.5. The second kappa shape index (κ2) is 8.19. The van der Waals surface area contributed by atoms with Crippen molar-refractivity contribution in [3.8, 4) is 11.5 Å². The first kappa shape index (κ1) is 18.3. The van der Waals surface area contributed by atoms with Crippen LogP contribution in [0.5, 0.6) is 11.5 Å². The van der Waals surface area contributed by atoms with Crippen LogP contribution in [-0.4, -0.2) is 25.4 Å². The third-order valence-electron chi connectivity index (χ3n) is 3.55. The summed E-state index contributed by atoms with van der Waals surface area (Å²) in [6, 6.07) is 11.8. The van der Waals surface area contributed by atoms with Crippen LogP contribution in [0.2, 0.25) is 0 Å². The number of rotatable bonds is 7. The third-order valence-corrected chi connectivity index (χ3v) is 3.55. The largest absolute Gasteiger partial charge is 0.497 e. The molecule has 6 nitrogen and oxygen atoms in total. The van der Waals surface area contributed by atoms with Crippen molar-refractivity contribution in [3.63, 3.8) is 0 Å². The van der Waals surface area contributed by atoms with E-state index in [9.17, 15) is 9.59 Å². The minimum absolute atomic E-state index is 0.00972. The number of ketones is 1. The number of nitrogen functional groups attached to an aromatic ring is 1. The molecule has 0 radical (unpaired) electrons. The predicted octanol–water partition coefficient (Wildman–Crippen LogP) is 3.13. The molecule has 25 heavy (non-hydrogen) atoms. The quantitative estimate of drug-likeness (QED) is 0.596. The molecule has 0 fully saturated rings. The van der Waals surface area contributed by atoms with Crippen LogP contribution in [-0.2, 0) is 4.79 Å². The summed E-state index contributed by atoms with van der Waals surface area (Å²) in [5.41, 5.74) is 7.40. The molecular weight excluding hydrogens is 320 g/mol. The Morgan fingerprint density at radius 3 is 2.36 bits per heavy atom.